The van der Waals surface area contributed by atoms with Gasteiger partial charge in [0.15, 0.2) is 0 Å². The number of nitrogens with zero attached hydrogens (tertiary/aromatic N) is 3. The van der Waals surface area contributed by atoms with Crippen LogP contribution in [0.1, 0.15) is 12.8 Å². The molecule has 0 saturated heterocycles. The number of fused-ring (bicyclic) bond motifs is 1. The van der Waals surface area contributed by atoms with Gasteiger partial charge in [0.2, 0.25) is 0 Å². The van der Waals surface area contributed by atoms with Crippen molar-refractivity contribution >= 4 is 22.1 Å². The maximum absolute atomic E-state index is 11.9. The summed E-state index contributed by atoms with van der Waals surface area (Å²) in [6.07, 6.45) is 5.01. The largest absolute Gasteiger partial charge is 0.348 e. The zero-order valence-corrected chi connectivity index (χ0v) is 9.61. The van der Waals surface area contributed by atoms with Crippen molar-refractivity contribution in [3.8, 4) is 0 Å². The Labute approximate surface area is 93.9 Å². The van der Waals surface area contributed by atoms with Gasteiger partial charge >= 0.3 is 0 Å². The van der Waals surface area contributed by atoms with Gasteiger partial charge in [0.05, 0.1) is 5.54 Å². The molecule has 2 aliphatic rings. The molecule has 16 heavy (non-hydrogen) atoms. The van der Waals surface area contributed by atoms with E-state index < -0.39 is 10.0 Å². The van der Waals surface area contributed by atoms with E-state index in [0.717, 1.165) is 12.8 Å². The van der Waals surface area contributed by atoms with E-state index in [0.29, 0.717) is 5.82 Å². The Morgan fingerprint density at radius 2 is 2.19 bits per heavy atom. The van der Waals surface area contributed by atoms with Crippen molar-refractivity contribution in [2.24, 2.45) is 4.40 Å². The molecule has 0 N–H and O–H groups in total. The van der Waals surface area contributed by atoms with Crippen LogP contribution in [0.3, 0.4) is 0 Å². The predicted octanol–water partition coefficient (Wildman–Crippen LogP) is 0.823. The Morgan fingerprint density at radius 1 is 1.44 bits per heavy atom. The van der Waals surface area contributed by atoms with Crippen molar-refractivity contribution in [1.29, 1.82) is 0 Å². The van der Waals surface area contributed by atoms with Gasteiger partial charge in [-0.15, -0.1) is 0 Å². The normalized spacial score (nSPS) is 23.9. The Balaban J connectivity index is 2.30. The maximum atomic E-state index is 11.9. The van der Waals surface area contributed by atoms with E-state index >= 15 is 0 Å². The summed E-state index contributed by atoms with van der Waals surface area (Å²) >= 11 is 0. The van der Waals surface area contributed by atoms with Gasteiger partial charge in [0, 0.05) is 19.5 Å². The highest BCUT2D eigenvalue weighted by molar-refractivity contribution is 7.90. The van der Waals surface area contributed by atoms with Crippen LogP contribution >= 0.6 is 0 Å². The second kappa shape index (κ2) is 2.82. The third-order valence-electron chi connectivity index (χ3n) is 3.21. The van der Waals surface area contributed by atoms with Gasteiger partial charge in [-0.05, 0) is 25.0 Å². The quantitative estimate of drug-likeness (QED) is 0.670. The van der Waals surface area contributed by atoms with Crippen molar-refractivity contribution in [2.75, 3.05) is 11.9 Å². The molecule has 1 fully saturated rings. The van der Waals surface area contributed by atoms with Crippen molar-refractivity contribution in [2.45, 2.75) is 23.3 Å². The van der Waals surface area contributed by atoms with Gasteiger partial charge in [-0.1, -0.05) is 0 Å². The molecule has 0 radical (unpaired) electrons. The zero-order chi connectivity index (χ0) is 11.4. The van der Waals surface area contributed by atoms with E-state index in [9.17, 15) is 8.42 Å². The third-order valence-corrected chi connectivity index (χ3v) is 4.47. The van der Waals surface area contributed by atoms with Crippen LogP contribution in [0.25, 0.3) is 0 Å². The van der Waals surface area contributed by atoms with Crippen molar-refractivity contribution in [1.82, 2.24) is 4.98 Å². The van der Waals surface area contributed by atoms with Gasteiger partial charge in [-0.25, -0.2) is 4.98 Å². The van der Waals surface area contributed by atoms with Crippen LogP contribution in [0.2, 0.25) is 0 Å². The van der Waals surface area contributed by atoms with E-state index in [1.54, 1.807) is 24.5 Å². The summed E-state index contributed by atoms with van der Waals surface area (Å²) in [5, 5.41) is 0. The molecule has 0 unspecified atom stereocenters. The molecule has 1 aromatic rings. The molecule has 0 atom stereocenters. The second-order valence-electron chi connectivity index (χ2n) is 4.20. The molecule has 5 nitrogen and oxygen atoms in total. The smallest absolute Gasteiger partial charge is 0.285 e. The minimum Gasteiger partial charge on any atom is -0.348 e. The van der Waals surface area contributed by atoms with Gasteiger partial charge in [-0.3, -0.25) is 0 Å². The minimum atomic E-state index is -3.58. The molecule has 3 rings (SSSR count). The average molecular weight is 237 g/mol. The summed E-state index contributed by atoms with van der Waals surface area (Å²) < 4.78 is 27.5. The lowest BCUT2D eigenvalue weighted by Crippen LogP contribution is -2.35. The Hall–Kier alpha value is -1.43. The third kappa shape index (κ3) is 1.19. The van der Waals surface area contributed by atoms with Crippen LogP contribution in [0.5, 0.6) is 0 Å². The molecule has 1 aliphatic heterocycles. The van der Waals surface area contributed by atoms with Gasteiger partial charge in [0.25, 0.3) is 10.0 Å². The molecule has 0 bridgehead atoms. The molecule has 0 amide bonds. The fraction of sp³-hybridized carbons (Fsp3) is 0.400. The van der Waals surface area contributed by atoms with E-state index in [-0.39, 0.29) is 10.4 Å². The number of anilines is 1. The number of hydrogen-bond acceptors (Lipinski definition) is 4. The molecule has 1 aliphatic carbocycles. The second-order valence-corrected chi connectivity index (χ2v) is 5.80. The summed E-state index contributed by atoms with van der Waals surface area (Å²) in [5.41, 5.74) is -0.229. The van der Waals surface area contributed by atoms with Gasteiger partial charge < -0.3 is 4.90 Å². The van der Waals surface area contributed by atoms with Gasteiger partial charge in [0.1, 0.15) is 10.7 Å². The molecule has 84 valence electrons. The average Bonchev–Trinajstić information content (AvgIpc) is 3.06. The predicted molar refractivity (Wildman–Crippen MR) is 60.3 cm³/mol. The first-order valence-electron chi connectivity index (χ1n) is 5.06. The highest BCUT2D eigenvalue weighted by Crippen LogP contribution is 2.44. The van der Waals surface area contributed by atoms with E-state index in [1.165, 1.54) is 0 Å². The fourth-order valence-electron chi connectivity index (χ4n) is 1.95. The zero-order valence-electron chi connectivity index (χ0n) is 8.79. The summed E-state index contributed by atoms with van der Waals surface area (Å²) in [5.74, 6) is 0.498. The first-order valence-corrected chi connectivity index (χ1v) is 6.50. The summed E-state index contributed by atoms with van der Waals surface area (Å²) in [6, 6.07) is 3.16. The van der Waals surface area contributed by atoms with Crippen LogP contribution in [-0.2, 0) is 10.0 Å². The first-order chi connectivity index (χ1) is 7.55. The Bertz CT molecular complexity index is 575. The van der Waals surface area contributed by atoms with Crippen molar-refractivity contribution < 1.29 is 8.42 Å². The summed E-state index contributed by atoms with van der Waals surface area (Å²) in [6.45, 7) is 0. The standard InChI is InChI=1S/C10H11N3O2S/c1-13-9-8(3-2-6-11-9)16(14,15)12-7-10(13)4-5-10/h2-3,6-7H,4-5H2,1H3. The Kier molecular flexibility index (Phi) is 1.72. The number of rotatable bonds is 0. The van der Waals surface area contributed by atoms with Crippen LogP contribution in [0, 0.1) is 0 Å². The highest BCUT2D eigenvalue weighted by atomic mass is 32.2. The number of hydrogen-bond donors (Lipinski definition) is 0. The van der Waals surface area contributed by atoms with Crippen LogP contribution in [0.15, 0.2) is 27.6 Å². The first kappa shape index (κ1) is 9.77. The lowest BCUT2D eigenvalue weighted by Gasteiger charge is -2.24. The maximum Gasteiger partial charge on any atom is 0.285 e. The lowest BCUT2D eigenvalue weighted by molar-refractivity contribution is 0.598. The number of aromatic nitrogens is 1. The van der Waals surface area contributed by atoms with Crippen molar-refractivity contribution in [3.63, 3.8) is 0 Å². The minimum absolute atomic E-state index is 0.192. The van der Waals surface area contributed by atoms with Crippen LogP contribution < -0.4 is 4.90 Å². The monoisotopic (exact) mass is 237 g/mol. The van der Waals surface area contributed by atoms with Crippen LogP contribution in [0.4, 0.5) is 5.82 Å². The topological polar surface area (TPSA) is 62.6 Å². The Morgan fingerprint density at radius 3 is 2.88 bits per heavy atom. The number of sulfonamides is 1. The van der Waals surface area contributed by atoms with E-state index in [2.05, 4.69) is 9.38 Å². The molecule has 2 heterocycles. The van der Waals surface area contributed by atoms with Crippen molar-refractivity contribution in [3.05, 3.63) is 18.3 Å². The molecule has 1 spiro atoms. The fourth-order valence-corrected chi connectivity index (χ4v) is 3.07. The SMILES string of the molecule is CN1c2ncccc2S(=O)(=O)N=CC12CC2. The van der Waals surface area contributed by atoms with E-state index in [1.807, 2.05) is 11.9 Å². The summed E-state index contributed by atoms with van der Waals surface area (Å²) in [4.78, 5) is 6.26. The summed E-state index contributed by atoms with van der Waals surface area (Å²) in [7, 11) is -1.71. The van der Waals surface area contributed by atoms with Gasteiger partial charge in [-0.2, -0.15) is 12.8 Å². The molecular formula is C10H11N3O2S. The lowest BCUT2D eigenvalue weighted by atomic mass is 10.2. The van der Waals surface area contributed by atoms with Crippen LogP contribution in [-0.4, -0.2) is 32.2 Å². The number of pyridine rings is 1. The molecule has 6 heteroatoms. The van der Waals surface area contributed by atoms with E-state index in [4.69, 9.17) is 0 Å². The highest BCUT2D eigenvalue weighted by Gasteiger charge is 2.48. The molecule has 1 aromatic heterocycles. The molecule has 1 saturated carbocycles. The molecular weight excluding hydrogens is 226 g/mol. The molecule has 0 aromatic carbocycles.